The Morgan fingerprint density at radius 1 is 1.00 bits per heavy atom. The second-order valence-corrected chi connectivity index (χ2v) is 7.75. The SMILES string of the molecule is CCC1C(=O)N(C)c2cnc(-c3ccncc3-c3ccccc3)nc2N1c1cnn(C)c1. The van der Waals surface area contributed by atoms with E-state index >= 15 is 0 Å². The summed E-state index contributed by atoms with van der Waals surface area (Å²) in [5.41, 5.74) is 4.37. The predicted octanol–water partition coefficient (Wildman–Crippen LogP) is 3.83. The number of benzene rings is 1. The quantitative estimate of drug-likeness (QED) is 0.494. The highest BCUT2D eigenvalue weighted by Gasteiger charge is 2.38. The summed E-state index contributed by atoms with van der Waals surface area (Å²) in [6.07, 6.45) is 9.59. The van der Waals surface area contributed by atoms with Crippen LogP contribution in [-0.2, 0) is 11.8 Å². The lowest BCUT2D eigenvalue weighted by Crippen LogP contribution is -2.50. The standard InChI is InChI=1S/C24H23N7O/c1-4-20-24(32)30(3)21-14-26-22(28-23(21)31(20)17-12-27-29(2)15-17)18-10-11-25-13-19(18)16-8-6-5-7-9-16/h5-15,20H,4H2,1-3H3. The second kappa shape index (κ2) is 7.88. The van der Waals surface area contributed by atoms with E-state index in [2.05, 4.69) is 15.1 Å². The van der Waals surface area contributed by atoms with Crippen LogP contribution in [-0.4, -0.2) is 43.7 Å². The summed E-state index contributed by atoms with van der Waals surface area (Å²) in [7, 11) is 3.63. The van der Waals surface area contributed by atoms with E-state index in [1.807, 2.05) is 67.7 Å². The Morgan fingerprint density at radius 2 is 1.81 bits per heavy atom. The van der Waals surface area contributed by atoms with Crippen LogP contribution < -0.4 is 9.80 Å². The molecule has 0 saturated carbocycles. The van der Waals surface area contributed by atoms with Crippen LogP contribution in [0, 0.1) is 0 Å². The Balaban J connectivity index is 1.70. The fraction of sp³-hybridized carbons (Fsp3) is 0.208. The van der Waals surface area contributed by atoms with Gasteiger partial charge in [0.25, 0.3) is 0 Å². The van der Waals surface area contributed by atoms with Crippen LogP contribution in [0.4, 0.5) is 17.2 Å². The highest BCUT2D eigenvalue weighted by Crippen LogP contribution is 2.41. The van der Waals surface area contributed by atoms with Crippen molar-refractivity contribution >= 4 is 23.1 Å². The summed E-state index contributed by atoms with van der Waals surface area (Å²) in [5.74, 6) is 1.28. The van der Waals surface area contributed by atoms with Gasteiger partial charge in [-0.25, -0.2) is 9.97 Å². The van der Waals surface area contributed by atoms with E-state index in [4.69, 9.17) is 4.98 Å². The molecule has 0 bridgehead atoms. The van der Waals surface area contributed by atoms with E-state index in [0.717, 1.165) is 22.4 Å². The van der Waals surface area contributed by atoms with Gasteiger partial charge in [0.1, 0.15) is 11.7 Å². The molecule has 1 amide bonds. The molecule has 0 saturated heterocycles. The first-order valence-electron chi connectivity index (χ1n) is 10.5. The molecular formula is C24H23N7O. The van der Waals surface area contributed by atoms with E-state index in [-0.39, 0.29) is 11.9 Å². The molecule has 0 spiro atoms. The molecule has 0 radical (unpaired) electrons. The van der Waals surface area contributed by atoms with Crippen molar-refractivity contribution < 1.29 is 4.79 Å². The van der Waals surface area contributed by atoms with E-state index < -0.39 is 0 Å². The number of amides is 1. The highest BCUT2D eigenvalue weighted by molar-refractivity contribution is 6.06. The molecule has 1 aliphatic heterocycles. The molecule has 4 aromatic rings. The lowest BCUT2D eigenvalue weighted by atomic mass is 10.0. The number of carbonyl (C=O) groups is 1. The predicted molar refractivity (Wildman–Crippen MR) is 124 cm³/mol. The molecule has 32 heavy (non-hydrogen) atoms. The van der Waals surface area contributed by atoms with Crippen molar-refractivity contribution in [3.8, 4) is 22.5 Å². The van der Waals surface area contributed by atoms with Gasteiger partial charge in [0.15, 0.2) is 11.6 Å². The maximum Gasteiger partial charge on any atom is 0.250 e. The first-order valence-corrected chi connectivity index (χ1v) is 10.5. The van der Waals surface area contributed by atoms with E-state index in [9.17, 15) is 4.79 Å². The van der Waals surface area contributed by atoms with Gasteiger partial charge in [-0.1, -0.05) is 37.3 Å². The summed E-state index contributed by atoms with van der Waals surface area (Å²) in [5, 5.41) is 4.31. The second-order valence-electron chi connectivity index (χ2n) is 7.75. The van der Waals surface area contributed by atoms with Crippen molar-refractivity contribution in [3.63, 3.8) is 0 Å². The van der Waals surface area contributed by atoms with Crippen molar-refractivity contribution in [2.45, 2.75) is 19.4 Å². The normalized spacial score (nSPS) is 15.7. The maximum atomic E-state index is 13.1. The van der Waals surface area contributed by atoms with Crippen LogP contribution in [0.3, 0.4) is 0 Å². The molecule has 3 aromatic heterocycles. The third-order valence-corrected chi connectivity index (χ3v) is 5.77. The lowest BCUT2D eigenvalue weighted by molar-refractivity contribution is -0.119. The molecule has 5 rings (SSSR count). The summed E-state index contributed by atoms with van der Waals surface area (Å²) in [4.78, 5) is 30.6. The summed E-state index contributed by atoms with van der Waals surface area (Å²) in [6, 6.07) is 11.6. The molecule has 0 fully saturated rings. The highest BCUT2D eigenvalue weighted by atomic mass is 16.2. The molecule has 0 N–H and O–H groups in total. The third-order valence-electron chi connectivity index (χ3n) is 5.77. The van der Waals surface area contributed by atoms with Crippen molar-refractivity contribution in [1.82, 2.24) is 24.7 Å². The number of hydrogen-bond acceptors (Lipinski definition) is 6. The third kappa shape index (κ3) is 3.20. The number of aryl methyl sites for hydroxylation is 1. The smallest absolute Gasteiger partial charge is 0.250 e. The van der Waals surface area contributed by atoms with Crippen molar-refractivity contribution in [2.24, 2.45) is 7.05 Å². The van der Waals surface area contributed by atoms with Crippen LogP contribution in [0.5, 0.6) is 0 Å². The minimum Gasteiger partial charge on any atom is -0.309 e. The number of nitrogens with zero attached hydrogens (tertiary/aromatic N) is 7. The van der Waals surface area contributed by atoms with Crippen molar-refractivity contribution in [1.29, 1.82) is 0 Å². The molecule has 0 aliphatic carbocycles. The maximum absolute atomic E-state index is 13.1. The minimum atomic E-state index is -0.370. The van der Waals surface area contributed by atoms with Crippen LogP contribution in [0.1, 0.15) is 13.3 Å². The largest absolute Gasteiger partial charge is 0.309 e. The molecule has 4 heterocycles. The Kier molecular flexibility index (Phi) is 4.89. The first kappa shape index (κ1) is 19.9. The number of pyridine rings is 1. The van der Waals surface area contributed by atoms with Crippen LogP contribution in [0.25, 0.3) is 22.5 Å². The molecule has 8 nitrogen and oxygen atoms in total. The monoisotopic (exact) mass is 425 g/mol. The molecular weight excluding hydrogens is 402 g/mol. The topological polar surface area (TPSA) is 80.0 Å². The van der Waals surface area contributed by atoms with Gasteiger partial charge in [-0.3, -0.25) is 14.5 Å². The summed E-state index contributed by atoms with van der Waals surface area (Å²) in [6.45, 7) is 2.00. The van der Waals surface area contributed by atoms with Gasteiger partial charge in [0.2, 0.25) is 5.91 Å². The zero-order valence-corrected chi connectivity index (χ0v) is 18.2. The van der Waals surface area contributed by atoms with Crippen LogP contribution in [0.15, 0.2) is 67.4 Å². The fourth-order valence-corrected chi connectivity index (χ4v) is 4.14. The van der Waals surface area contributed by atoms with Crippen LogP contribution >= 0.6 is 0 Å². The number of aromatic nitrogens is 5. The van der Waals surface area contributed by atoms with Gasteiger partial charge >= 0.3 is 0 Å². The number of hydrogen-bond donors (Lipinski definition) is 0. The number of fused-ring (bicyclic) bond motifs is 1. The molecule has 160 valence electrons. The number of carbonyl (C=O) groups excluding carboxylic acids is 1. The zero-order valence-electron chi connectivity index (χ0n) is 18.2. The van der Waals surface area contributed by atoms with Gasteiger partial charge in [-0.05, 0) is 18.1 Å². The summed E-state index contributed by atoms with van der Waals surface area (Å²) < 4.78 is 1.73. The summed E-state index contributed by atoms with van der Waals surface area (Å²) >= 11 is 0. The molecule has 1 aliphatic rings. The molecule has 1 unspecified atom stereocenters. The minimum absolute atomic E-state index is 0.00842. The zero-order chi connectivity index (χ0) is 22.2. The van der Waals surface area contributed by atoms with Gasteiger partial charge in [-0.2, -0.15) is 5.10 Å². The number of rotatable bonds is 4. The van der Waals surface area contributed by atoms with Gasteiger partial charge in [0.05, 0.1) is 18.1 Å². The van der Waals surface area contributed by atoms with Crippen molar-refractivity contribution in [3.05, 3.63) is 67.4 Å². The Bertz CT molecular complexity index is 1280. The number of anilines is 3. The lowest BCUT2D eigenvalue weighted by Gasteiger charge is -2.39. The Morgan fingerprint density at radius 3 is 2.53 bits per heavy atom. The average Bonchev–Trinajstić information content (AvgIpc) is 3.27. The fourth-order valence-electron chi connectivity index (χ4n) is 4.14. The van der Waals surface area contributed by atoms with Gasteiger partial charge in [0, 0.05) is 43.8 Å². The van der Waals surface area contributed by atoms with Crippen LogP contribution in [0.2, 0.25) is 0 Å². The van der Waals surface area contributed by atoms with Gasteiger partial charge < -0.3 is 9.80 Å². The van der Waals surface area contributed by atoms with Gasteiger partial charge in [-0.15, -0.1) is 0 Å². The number of likely N-dealkylation sites (N-methyl/N-ethyl adjacent to an activating group) is 1. The molecule has 1 aromatic carbocycles. The first-order chi connectivity index (χ1) is 15.6. The molecule has 8 heteroatoms. The van der Waals surface area contributed by atoms with E-state index in [1.54, 1.807) is 35.2 Å². The van der Waals surface area contributed by atoms with Crippen molar-refractivity contribution in [2.75, 3.05) is 16.8 Å². The average molecular weight is 425 g/mol. The Hall–Kier alpha value is -4.07. The van der Waals surface area contributed by atoms with E-state index in [0.29, 0.717) is 23.8 Å². The Labute approximate surface area is 186 Å². The molecule has 1 atom stereocenters. The van der Waals surface area contributed by atoms with E-state index in [1.165, 1.54) is 0 Å².